The number of benzene rings is 2. The van der Waals surface area contributed by atoms with E-state index in [2.05, 4.69) is 36.2 Å². The van der Waals surface area contributed by atoms with E-state index in [0.29, 0.717) is 13.0 Å². The van der Waals surface area contributed by atoms with E-state index in [9.17, 15) is 14.7 Å². The van der Waals surface area contributed by atoms with Crippen LogP contribution in [0.25, 0.3) is 0 Å². The van der Waals surface area contributed by atoms with Crippen LogP contribution in [0.15, 0.2) is 48.5 Å². The van der Waals surface area contributed by atoms with Gasteiger partial charge in [0.05, 0.1) is 18.8 Å². The number of unbranched alkanes of at least 4 members (excludes halogenated alkanes) is 10. The molecule has 4 N–H and O–H groups in total. The van der Waals surface area contributed by atoms with Crippen molar-refractivity contribution in [2.75, 3.05) is 19.6 Å². The fraction of sp³-hybridized carbons (Fsp3) is 0.650. The van der Waals surface area contributed by atoms with E-state index in [1.54, 1.807) is 5.48 Å². The Hall–Kier alpha value is -2.82. The minimum absolute atomic E-state index is 0.00771. The lowest BCUT2D eigenvalue weighted by Crippen LogP contribution is -2.40. The molecule has 0 saturated carbocycles. The summed E-state index contributed by atoms with van der Waals surface area (Å²) in [6, 6.07) is 16.0. The number of nitrogens with zero attached hydrogens (tertiary/aromatic N) is 1. The molecule has 3 rings (SSSR count). The SMILES string of the molecule is CCCCCCCCN(CCCCCCCC)CC1CC(c2ccc(CO)cc2)OC(c2ccc(CNC(=O)CCCC(=O)NO)cc2)O1. The van der Waals surface area contributed by atoms with Gasteiger partial charge in [0.2, 0.25) is 11.8 Å². The molecule has 274 valence electrons. The van der Waals surface area contributed by atoms with Gasteiger partial charge in [-0.05, 0) is 49.0 Å². The maximum Gasteiger partial charge on any atom is 0.243 e. The van der Waals surface area contributed by atoms with Crippen LogP contribution in [0, 0.1) is 0 Å². The number of hydroxylamine groups is 1. The molecule has 3 atom stereocenters. The summed E-state index contributed by atoms with van der Waals surface area (Å²) in [5.41, 5.74) is 5.45. The minimum atomic E-state index is -0.521. The van der Waals surface area contributed by atoms with E-state index in [4.69, 9.17) is 14.7 Å². The molecule has 49 heavy (non-hydrogen) atoms. The Morgan fingerprint density at radius 3 is 1.86 bits per heavy atom. The van der Waals surface area contributed by atoms with Crippen molar-refractivity contribution in [2.45, 2.75) is 148 Å². The van der Waals surface area contributed by atoms with E-state index >= 15 is 0 Å². The van der Waals surface area contributed by atoms with Gasteiger partial charge < -0.3 is 24.8 Å². The van der Waals surface area contributed by atoms with E-state index < -0.39 is 12.2 Å². The van der Waals surface area contributed by atoms with Crippen LogP contribution < -0.4 is 10.8 Å². The fourth-order valence-corrected chi connectivity index (χ4v) is 6.39. The zero-order valence-electron chi connectivity index (χ0n) is 30.2. The molecule has 1 aliphatic heterocycles. The van der Waals surface area contributed by atoms with Crippen LogP contribution in [0.5, 0.6) is 0 Å². The number of hydrogen-bond acceptors (Lipinski definition) is 7. The number of aliphatic hydroxyl groups is 1. The summed E-state index contributed by atoms with van der Waals surface area (Å²) >= 11 is 0. The molecule has 2 aromatic carbocycles. The summed E-state index contributed by atoms with van der Waals surface area (Å²) in [5, 5.41) is 21.1. The summed E-state index contributed by atoms with van der Waals surface area (Å²) in [6.07, 6.45) is 16.2. The monoisotopic (exact) mass is 681 g/mol. The number of rotatable bonds is 25. The first-order valence-electron chi connectivity index (χ1n) is 19.0. The smallest absolute Gasteiger partial charge is 0.243 e. The predicted molar refractivity (Wildman–Crippen MR) is 194 cm³/mol. The second kappa shape index (κ2) is 24.3. The molecule has 1 heterocycles. The summed E-state index contributed by atoms with van der Waals surface area (Å²) in [6.45, 7) is 7.99. The van der Waals surface area contributed by atoms with Crippen molar-refractivity contribution >= 4 is 11.8 Å². The number of ether oxygens (including phenoxy) is 2. The molecule has 3 unspecified atom stereocenters. The largest absolute Gasteiger partial charge is 0.392 e. The average Bonchev–Trinajstić information content (AvgIpc) is 3.13. The van der Waals surface area contributed by atoms with Crippen molar-refractivity contribution in [1.82, 2.24) is 15.7 Å². The maximum atomic E-state index is 12.2. The Bertz CT molecular complexity index is 1160. The molecule has 0 radical (unpaired) electrons. The highest BCUT2D eigenvalue weighted by molar-refractivity contribution is 5.78. The van der Waals surface area contributed by atoms with Gasteiger partial charge in [-0.2, -0.15) is 0 Å². The lowest BCUT2D eigenvalue weighted by atomic mass is 9.99. The van der Waals surface area contributed by atoms with Crippen molar-refractivity contribution in [3.63, 3.8) is 0 Å². The third-order valence-corrected chi connectivity index (χ3v) is 9.41. The molecule has 0 bridgehead atoms. The van der Waals surface area contributed by atoms with Crippen molar-refractivity contribution in [2.24, 2.45) is 0 Å². The van der Waals surface area contributed by atoms with Gasteiger partial charge in [0, 0.05) is 37.9 Å². The Balaban J connectivity index is 1.66. The number of amides is 2. The molecule has 1 aliphatic rings. The van der Waals surface area contributed by atoms with E-state index in [1.165, 1.54) is 77.0 Å². The first-order chi connectivity index (χ1) is 23.9. The van der Waals surface area contributed by atoms with E-state index in [-0.39, 0.29) is 37.6 Å². The fourth-order valence-electron chi connectivity index (χ4n) is 6.39. The summed E-state index contributed by atoms with van der Waals surface area (Å²) < 4.78 is 13.3. The summed E-state index contributed by atoms with van der Waals surface area (Å²) in [7, 11) is 0. The molecule has 1 fully saturated rings. The van der Waals surface area contributed by atoms with Gasteiger partial charge in [-0.15, -0.1) is 0 Å². The Morgan fingerprint density at radius 2 is 1.27 bits per heavy atom. The molecule has 1 saturated heterocycles. The van der Waals surface area contributed by atoms with Gasteiger partial charge in [-0.1, -0.05) is 127 Å². The Morgan fingerprint density at radius 1 is 0.714 bits per heavy atom. The number of hydrogen-bond donors (Lipinski definition) is 4. The Labute approximate surface area is 295 Å². The molecule has 2 aromatic rings. The van der Waals surface area contributed by atoms with Gasteiger partial charge >= 0.3 is 0 Å². The highest BCUT2D eigenvalue weighted by Gasteiger charge is 2.33. The normalized spacial score (nSPS) is 17.7. The maximum absolute atomic E-state index is 12.2. The molecule has 9 heteroatoms. The molecule has 0 spiro atoms. The summed E-state index contributed by atoms with van der Waals surface area (Å²) in [5.74, 6) is -0.636. The van der Waals surface area contributed by atoms with Gasteiger partial charge in [-0.3, -0.25) is 14.8 Å². The average molecular weight is 682 g/mol. The first kappa shape index (κ1) is 40.6. The number of carbonyl (C=O) groups is 2. The van der Waals surface area contributed by atoms with Crippen molar-refractivity contribution in [3.05, 3.63) is 70.8 Å². The quantitative estimate of drug-likeness (QED) is 0.0476. The minimum Gasteiger partial charge on any atom is -0.392 e. The molecule has 0 aliphatic carbocycles. The van der Waals surface area contributed by atoms with E-state index in [0.717, 1.165) is 48.3 Å². The Kier molecular flexibility index (Phi) is 20.2. The second-order valence-electron chi connectivity index (χ2n) is 13.6. The van der Waals surface area contributed by atoms with Gasteiger partial charge in [-0.25, -0.2) is 5.48 Å². The zero-order chi connectivity index (χ0) is 35.1. The van der Waals surface area contributed by atoms with Crippen LogP contribution in [-0.4, -0.2) is 52.8 Å². The van der Waals surface area contributed by atoms with Crippen molar-refractivity contribution < 1.29 is 29.4 Å². The molecule has 9 nitrogen and oxygen atoms in total. The standard InChI is InChI=1S/C40H63N3O6/c1-3-5-7-9-11-13-26-43(27-14-12-10-8-6-4-2)30-36-28-37(34-22-20-33(31-44)21-23-34)49-40(48-36)35-24-18-32(19-25-35)29-41-38(45)16-15-17-39(46)42-47/h18-25,36-37,40,44,47H,3-17,26-31H2,1-2H3,(H,41,45)(H,42,46). The molecule has 2 amide bonds. The molecule has 0 aromatic heterocycles. The van der Waals surface area contributed by atoms with E-state index in [1.807, 2.05) is 36.4 Å². The predicted octanol–water partition coefficient (Wildman–Crippen LogP) is 8.04. The third kappa shape index (κ3) is 16.2. The van der Waals surface area contributed by atoms with Crippen LogP contribution >= 0.6 is 0 Å². The number of nitrogens with one attached hydrogen (secondary N) is 2. The molecular weight excluding hydrogens is 618 g/mol. The molecular formula is C40H63N3O6. The van der Waals surface area contributed by atoms with Crippen LogP contribution in [0.4, 0.5) is 0 Å². The summed E-state index contributed by atoms with van der Waals surface area (Å²) in [4.78, 5) is 26.0. The third-order valence-electron chi connectivity index (χ3n) is 9.41. The van der Waals surface area contributed by atoms with Gasteiger partial charge in [0.15, 0.2) is 6.29 Å². The topological polar surface area (TPSA) is 120 Å². The highest BCUT2D eigenvalue weighted by Crippen LogP contribution is 2.38. The number of carbonyl (C=O) groups excluding carboxylic acids is 2. The van der Waals surface area contributed by atoms with Crippen LogP contribution in [0.3, 0.4) is 0 Å². The van der Waals surface area contributed by atoms with Crippen molar-refractivity contribution in [1.29, 1.82) is 0 Å². The zero-order valence-corrected chi connectivity index (χ0v) is 30.2. The lowest BCUT2D eigenvalue weighted by Gasteiger charge is -2.38. The first-order valence-corrected chi connectivity index (χ1v) is 19.0. The van der Waals surface area contributed by atoms with Crippen LogP contribution in [-0.2, 0) is 32.2 Å². The number of aliphatic hydroxyl groups excluding tert-OH is 1. The van der Waals surface area contributed by atoms with Gasteiger partial charge in [0.1, 0.15) is 0 Å². The van der Waals surface area contributed by atoms with Crippen LogP contribution in [0.2, 0.25) is 0 Å². The highest BCUT2D eigenvalue weighted by atomic mass is 16.7. The van der Waals surface area contributed by atoms with Gasteiger partial charge in [0.25, 0.3) is 0 Å². The second-order valence-corrected chi connectivity index (χ2v) is 13.6. The van der Waals surface area contributed by atoms with Crippen molar-refractivity contribution in [3.8, 4) is 0 Å². The van der Waals surface area contributed by atoms with Crippen LogP contribution in [0.1, 0.15) is 151 Å². The lowest BCUT2D eigenvalue weighted by molar-refractivity contribution is -0.253.